The Hall–Kier alpha value is -2.03. The summed E-state index contributed by atoms with van der Waals surface area (Å²) < 4.78 is 0. The van der Waals surface area contributed by atoms with Crippen molar-refractivity contribution in [2.24, 2.45) is 0 Å². The molecule has 0 aliphatic carbocycles. The van der Waals surface area contributed by atoms with Gasteiger partial charge in [-0.3, -0.25) is 0 Å². The largest absolute Gasteiger partial charge is 0.397 e. The summed E-state index contributed by atoms with van der Waals surface area (Å²) in [5.41, 5.74) is 10.9. The summed E-state index contributed by atoms with van der Waals surface area (Å²) in [6.07, 6.45) is 0. The van der Waals surface area contributed by atoms with E-state index in [2.05, 4.69) is 42.3 Å². The number of nitrogen functional groups attached to an aromatic ring is 1. The standard InChI is InChI=1S/C14H17N3/c1-9-4-5-12(8-10(9)2)17-14-7-6-13(15)11(3)16-14/h4-8H,15H2,1-3H3,(H,16,17). The van der Waals surface area contributed by atoms with Crippen molar-refractivity contribution in [3.05, 3.63) is 47.2 Å². The molecule has 0 radical (unpaired) electrons. The Morgan fingerprint density at radius 1 is 1.00 bits per heavy atom. The minimum absolute atomic E-state index is 0.718. The number of nitrogens with zero attached hydrogens (tertiary/aromatic N) is 1. The van der Waals surface area contributed by atoms with Crippen LogP contribution in [0.5, 0.6) is 0 Å². The third-order valence-corrected chi connectivity index (χ3v) is 2.91. The number of benzene rings is 1. The Morgan fingerprint density at radius 2 is 1.76 bits per heavy atom. The molecule has 0 amide bonds. The average Bonchev–Trinajstić information content (AvgIpc) is 2.29. The van der Waals surface area contributed by atoms with Crippen molar-refractivity contribution in [2.45, 2.75) is 20.8 Å². The maximum Gasteiger partial charge on any atom is 0.130 e. The van der Waals surface area contributed by atoms with Crippen LogP contribution in [0.15, 0.2) is 30.3 Å². The van der Waals surface area contributed by atoms with E-state index in [4.69, 9.17) is 5.73 Å². The lowest BCUT2D eigenvalue weighted by atomic mass is 10.1. The van der Waals surface area contributed by atoms with Crippen LogP contribution in [0.3, 0.4) is 0 Å². The van der Waals surface area contributed by atoms with Gasteiger partial charge in [0.05, 0.1) is 11.4 Å². The van der Waals surface area contributed by atoms with Crippen LogP contribution < -0.4 is 11.1 Å². The highest BCUT2D eigenvalue weighted by molar-refractivity contribution is 5.60. The fourth-order valence-corrected chi connectivity index (χ4v) is 1.61. The second kappa shape index (κ2) is 4.45. The second-order valence-corrected chi connectivity index (χ2v) is 4.30. The van der Waals surface area contributed by atoms with E-state index in [1.807, 2.05) is 19.1 Å². The quantitative estimate of drug-likeness (QED) is 0.827. The topological polar surface area (TPSA) is 50.9 Å². The zero-order valence-corrected chi connectivity index (χ0v) is 10.4. The summed E-state index contributed by atoms with van der Waals surface area (Å²) >= 11 is 0. The molecule has 1 heterocycles. The summed E-state index contributed by atoms with van der Waals surface area (Å²) in [7, 11) is 0. The van der Waals surface area contributed by atoms with Gasteiger partial charge in [-0.15, -0.1) is 0 Å². The molecular weight excluding hydrogens is 210 g/mol. The summed E-state index contributed by atoms with van der Waals surface area (Å²) in [5.74, 6) is 0.819. The van der Waals surface area contributed by atoms with Crippen molar-refractivity contribution in [1.82, 2.24) is 4.98 Å². The molecule has 3 N–H and O–H groups in total. The monoisotopic (exact) mass is 227 g/mol. The zero-order chi connectivity index (χ0) is 12.4. The molecule has 2 aromatic rings. The number of pyridine rings is 1. The van der Waals surface area contributed by atoms with E-state index in [1.54, 1.807) is 0 Å². The summed E-state index contributed by atoms with van der Waals surface area (Å²) in [5, 5.41) is 3.27. The number of anilines is 3. The zero-order valence-electron chi connectivity index (χ0n) is 10.4. The van der Waals surface area contributed by atoms with Gasteiger partial charge in [0.25, 0.3) is 0 Å². The predicted molar refractivity (Wildman–Crippen MR) is 72.6 cm³/mol. The first-order valence-corrected chi connectivity index (χ1v) is 5.63. The number of nitrogens with two attached hydrogens (primary N) is 1. The van der Waals surface area contributed by atoms with Crippen LogP contribution in [0.25, 0.3) is 0 Å². The van der Waals surface area contributed by atoms with Crippen molar-refractivity contribution in [1.29, 1.82) is 0 Å². The fraction of sp³-hybridized carbons (Fsp3) is 0.214. The van der Waals surface area contributed by atoms with E-state index < -0.39 is 0 Å². The lowest BCUT2D eigenvalue weighted by molar-refractivity contribution is 1.20. The van der Waals surface area contributed by atoms with Crippen molar-refractivity contribution < 1.29 is 0 Å². The highest BCUT2D eigenvalue weighted by atomic mass is 15.0. The molecular formula is C14H17N3. The van der Waals surface area contributed by atoms with Gasteiger partial charge < -0.3 is 11.1 Å². The Morgan fingerprint density at radius 3 is 2.41 bits per heavy atom. The molecule has 0 saturated carbocycles. The summed E-state index contributed by atoms with van der Waals surface area (Å²) in [4.78, 5) is 4.38. The number of rotatable bonds is 2. The first kappa shape index (κ1) is 11.5. The van der Waals surface area contributed by atoms with Crippen LogP contribution >= 0.6 is 0 Å². The Kier molecular flexibility index (Phi) is 3.00. The molecule has 88 valence electrons. The molecule has 17 heavy (non-hydrogen) atoms. The number of hydrogen-bond acceptors (Lipinski definition) is 3. The van der Waals surface area contributed by atoms with Crippen LogP contribution in [-0.4, -0.2) is 4.98 Å². The molecule has 2 rings (SSSR count). The van der Waals surface area contributed by atoms with Gasteiger partial charge in [-0.1, -0.05) is 6.07 Å². The number of aromatic nitrogens is 1. The van der Waals surface area contributed by atoms with Gasteiger partial charge in [0, 0.05) is 5.69 Å². The van der Waals surface area contributed by atoms with Gasteiger partial charge in [0.15, 0.2) is 0 Å². The van der Waals surface area contributed by atoms with E-state index in [1.165, 1.54) is 11.1 Å². The van der Waals surface area contributed by atoms with Gasteiger partial charge in [-0.2, -0.15) is 0 Å². The van der Waals surface area contributed by atoms with E-state index in [0.717, 1.165) is 22.9 Å². The summed E-state index contributed by atoms with van der Waals surface area (Å²) in [6.45, 7) is 6.10. The van der Waals surface area contributed by atoms with Crippen molar-refractivity contribution in [2.75, 3.05) is 11.1 Å². The lowest BCUT2D eigenvalue weighted by Crippen LogP contribution is -1.98. The normalized spacial score (nSPS) is 10.3. The van der Waals surface area contributed by atoms with Gasteiger partial charge in [0.2, 0.25) is 0 Å². The number of hydrogen-bond donors (Lipinski definition) is 2. The highest BCUT2D eigenvalue weighted by Gasteiger charge is 2.00. The molecule has 0 saturated heterocycles. The van der Waals surface area contributed by atoms with Crippen LogP contribution in [0.4, 0.5) is 17.2 Å². The maximum atomic E-state index is 5.74. The SMILES string of the molecule is Cc1ccc(Nc2ccc(N)c(C)n2)cc1C. The van der Waals surface area contributed by atoms with E-state index in [-0.39, 0.29) is 0 Å². The van der Waals surface area contributed by atoms with Crippen LogP contribution in [0, 0.1) is 20.8 Å². The second-order valence-electron chi connectivity index (χ2n) is 4.30. The minimum Gasteiger partial charge on any atom is -0.397 e. The number of nitrogens with one attached hydrogen (secondary N) is 1. The molecule has 0 fully saturated rings. The highest BCUT2D eigenvalue weighted by Crippen LogP contribution is 2.19. The third-order valence-electron chi connectivity index (χ3n) is 2.91. The summed E-state index contributed by atoms with van der Waals surface area (Å²) in [6, 6.07) is 10.0. The molecule has 0 bridgehead atoms. The van der Waals surface area contributed by atoms with Crippen LogP contribution in [0.2, 0.25) is 0 Å². The molecule has 0 aliphatic heterocycles. The molecule has 1 aromatic carbocycles. The van der Waals surface area contributed by atoms with Gasteiger partial charge in [-0.25, -0.2) is 4.98 Å². The maximum absolute atomic E-state index is 5.74. The molecule has 3 heteroatoms. The van der Waals surface area contributed by atoms with E-state index >= 15 is 0 Å². The molecule has 0 spiro atoms. The molecule has 0 aliphatic rings. The number of aryl methyl sites for hydroxylation is 3. The van der Waals surface area contributed by atoms with E-state index in [0.29, 0.717) is 0 Å². The van der Waals surface area contributed by atoms with Gasteiger partial charge in [-0.05, 0) is 56.2 Å². The predicted octanol–water partition coefficient (Wildman–Crippen LogP) is 3.33. The van der Waals surface area contributed by atoms with Crippen molar-refractivity contribution >= 4 is 17.2 Å². The van der Waals surface area contributed by atoms with Crippen LogP contribution in [0.1, 0.15) is 16.8 Å². The Bertz CT molecular complexity index is 498. The van der Waals surface area contributed by atoms with E-state index in [9.17, 15) is 0 Å². The van der Waals surface area contributed by atoms with Gasteiger partial charge >= 0.3 is 0 Å². The molecule has 3 nitrogen and oxygen atoms in total. The first-order chi connectivity index (χ1) is 8.06. The fourth-order valence-electron chi connectivity index (χ4n) is 1.61. The Balaban J connectivity index is 2.25. The molecule has 1 aromatic heterocycles. The third kappa shape index (κ3) is 2.56. The van der Waals surface area contributed by atoms with Crippen molar-refractivity contribution in [3.8, 4) is 0 Å². The minimum atomic E-state index is 0.718. The average molecular weight is 227 g/mol. The molecule has 0 unspecified atom stereocenters. The first-order valence-electron chi connectivity index (χ1n) is 5.63. The smallest absolute Gasteiger partial charge is 0.130 e. The Labute approximate surface area is 102 Å². The lowest BCUT2D eigenvalue weighted by Gasteiger charge is -2.09. The van der Waals surface area contributed by atoms with Gasteiger partial charge in [0.1, 0.15) is 5.82 Å². The van der Waals surface area contributed by atoms with Crippen molar-refractivity contribution in [3.63, 3.8) is 0 Å². The van der Waals surface area contributed by atoms with Crippen LogP contribution in [-0.2, 0) is 0 Å². The molecule has 0 atom stereocenters.